The molecule has 0 aromatic carbocycles. The van der Waals surface area contributed by atoms with Crippen molar-refractivity contribution in [2.75, 3.05) is 0 Å². The lowest BCUT2D eigenvalue weighted by molar-refractivity contribution is 0.220. The van der Waals surface area contributed by atoms with E-state index >= 15 is 0 Å². The highest BCUT2D eigenvalue weighted by molar-refractivity contribution is 4.89. The first-order valence-electron chi connectivity index (χ1n) is 5.26. The Balaban J connectivity index is 2.51. The van der Waals surface area contributed by atoms with Gasteiger partial charge in [0.05, 0.1) is 0 Å². The zero-order chi connectivity index (χ0) is 9.03. The lowest BCUT2D eigenvalue weighted by Crippen LogP contribution is -2.20. The summed E-state index contributed by atoms with van der Waals surface area (Å²) >= 11 is 0. The van der Waals surface area contributed by atoms with Gasteiger partial charge in [0.1, 0.15) is 0 Å². The Kier molecular flexibility index (Phi) is 3.37. The maximum atomic E-state index is 2.38. The number of hydrogen-bond acceptors (Lipinski definition) is 0. The molecule has 0 aromatic heterocycles. The maximum absolute atomic E-state index is 2.38. The molecule has 0 spiro atoms. The van der Waals surface area contributed by atoms with Crippen molar-refractivity contribution < 1.29 is 0 Å². The zero-order valence-electron chi connectivity index (χ0n) is 8.77. The minimum atomic E-state index is 0.502. The largest absolute Gasteiger partial charge is 0.0885 e. The van der Waals surface area contributed by atoms with Crippen molar-refractivity contribution in [1.82, 2.24) is 0 Å². The topological polar surface area (TPSA) is 0 Å². The fourth-order valence-electron chi connectivity index (χ4n) is 1.94. The van der Waals surface area contributed by atoms with E-state index in [1.165, 1.54) is 32.1 Å². The van der Waals surface area contributed by atoms with Gasteiger partial charge < -0.3 is 0 Å². The van der Waals surface area contributed by atoms with Gasteiger partial charge in [-0.1, -0.05) is 39.3 Å². The first-order chi connectivity index (χ1) is 5.61. The first kappa shape index (κ1) is 9.83. The van der Waals surface area contributed by atoms with E-state index in [2.05, 4.69) is 32.9 Å². The molecule has 12 heavy (non-hydrogen) atoms. The second-order valence-electron chi connectivity index (χ2n) is 5.05. The summed E-state index contributed by atoms with van der Waals surface area (Å²) in [7, 11) is 0. The van der Waals surface area contributed by atoms with Gasteiger partial charge in [0, 0.05) is 0 Å². The second kappa shape index (κ2) is 4.11. The van der Waals surface area contributed by atoms with Crippen LogP contribution in [0.1, 0.15) is 52.9 Å². The van der Waals surface area contributed by atoms with Crippen LogP contribution in [0.3, 0.4) is 0 Å². The van der Waals surface area contributed by atoms with Crippen LogP contribution in [0.5, 0.6) is 0 Å². The molecule has 1 unspecified atom stereocenters. The summed E-state index contributed by atoms with van der Waals surface area (Å²) < 4.78 is 0. The van der Waals surface area contributed by atoms with Crippen LogP contribution in [0.4, 0.5) is 0 Å². The van der Waals surface area contributed by atoms with Crippen LogP contribution in [0.15, 0.2) is 12.2 Å². The molecule has 1 aliphatic rings. The molecule has 0 bridgehead atoms. The Hall–Kier alpha value is -0.260. The summed E-state index contributed by atoms with van der Waals surface area (Å²) in [5.41, 5.74) is 0.502. The Morgan fingerprint density at radius 1 is 1.08 bits per heavy atom. The first-order valence-corrected chi connectivity index (χ1v) is 5.26. The highest BCUT2D eigenvalue weighted by atomic mass is 14.3. The molecule has 0 fully saturated rings. The smallest absolute Gasteiger partial charge is 0.0317 e. The molecule has 0 heteroatoms. The number of hydrogen-bond donors (Lipinski definition) is 0. The van der Waals surface area contributed by atoms with Gasteiger partial charge >= 0.3 is 0 Å². The van der Waals surface area contributed by atoms with E-state index in [1.54, 1.807) is 0 Å². The molecule has 0 aromatic rings. The summed E-state index contributed by atoms with van der Waals surface area (Å²) in [6.45, 7) is 7.10. The fraction of sp³-hybridized carbons (Fsp3) is 0.833. The number of rotatable bonds is 0. The van der Waals surface area contributed by atoms with Crippen molar-refractivity contribution in [3.05, 3.63) is 12.2 Å². The highest BCUT2D eigenvalue weighted by Crippen LogP contribution is 2.34. The lowest BCUT2D eigenvalue weighted by Gasteiger charge is -2.30. The van der Waals surface area contributed by atoms with Gasteiger partial charge in [-0.05, 0) is 37.0 Å². The van der Waals surface area contributed by atoms with Gasteiger partial charge in [-0.3, -0.25) is 0 Å². The molecule has 0 saturated carbocycles. The van der Waals surface area contributed by atoms with E-state index in [0.717, 1.165) is 5.92 Å². The predicted octanol–water partition coefficient (Wildman–Crippen LogP) is 4.17. The zero-order valence-corrected chi connectivity index (χ0v) is 8.77. The lowest BCUT2D eigenvalue weighted by atomic mass is 9.75. The summed E-state index contributed by atoms with van der Waals surface area (Å²) in [5.74, 6) is 0.897. The SMILES string of the molecule is CC(C)(C)C1C/C=C/CCCC1. The van der Waals surface area contributed by atoms with Gasteiger partial charge in [0.2, 0.25) is 0 Å². The Bertz CT molecular complexity index is 148. The summed E-state index contributed by atoms with van der Waals surface area (Å²) in [6.07, 6.45) is 11.6. The molecule has 0 nitrogen and oxygen atoms in total. The normalized spacial score (nSPS) is 29.1. The molecule has 0 heterocycles. The van der Waals surface area contributed by atoms with Crippen molar-refractivity contribution in [2.24, 2.45) is 11.3 Å². The van der Waals surface area contributed by atoms with Crippen LogP contribution in [-0.4, -0.2) is 0 Å². The van der Waals surface area contributed by atoms with E-state index in [9.17, 15) is 0 Å². The third kappa shape index (κ3) is 3.00. The van der Waals surface area contributed by atoms with E-state index in [-0.39, 0.29) is 0 Å². The van der Waals surface area contributed by atoms with Crippen LogP contribution in [-0.2, 0) is 0 Å². The van der Waals surface area contributed by atoms with E-state index < -0.39 is 0 Å². The van der Waals surface area contributed by atoms with Crippen LogP contribution in [0.25, 0.3) is 0 Å². The summed E-state index contributed by atoms with van der Waals surface area (Å²) in [6, 6.07) is 0. The minimum absolute atomic E-state index is 0.502. The third-order valence-corrected chi connectivity index (χ3v) is 2.99. The van der Waals surface area contributed by atoms with Crippen molar-refractivity contribution in [1.29, 1.82) is 0 Å². The van der Waals surface area contributed by atoms with Crippen LogP contribution >= 0.6 is 0 Å². The van der Waals surface area contributed by atoms with Crippen molar-refractivity contribution in [2.45, 2.75) is 52.9 Å². The molecule has 0 saturated heterocycles. The van der Waals surface area contributed by atoms with Crippen LogP contribution in [0.2, 0.25) is 0 Å². The molecule has 1 atom stereocenters. The molecule has 0 N–H and O–H groups in total. The molecule has 70 valence electrons. The van der Waals surface area contributed by atoms with E-state index in [1.807, 2.05) is 0 Å². The minimum Gasteiger partial charge on any atom is -0.0885 e. The average molecular weight is 166 g/mol. The fourth-order valence-corrected chi connectivity index (χ4v) is 1.94. The third-order valence-electron chi connectivity index (χ3n) is 2.99. The molecule has 0 amide bonds. The van der Waals surface area contributed by atoms with Crippen molar-refractivity contribution in [3.8, 4) is 0 Å². The quantitative estimate of drug-likeness (QED) is 0.474. The molecule has 1 rings (SSSR count). The molecular formula is C12H22. The van der Waals surface area contributed by atoms with E-state index in [4.69, 9.17) is 0 Å². The average Bonchev–Trinajstić information content (AvgIpc) is 1.81. The van der Waals surface area contributed by atoms with Gasteiger partial charge in [-0.25, -0.2) is 0 Å². The maximum Gasteiger partial charge on any atom is -0.0317 e. The Labute approximate surface area is 77.1 Å². The number of allylic oxidation sites excluding steroid dienone is 2. The highest BCUT2D eigenvalue weighted by Gasteiger charge is 2.23. The summed E-state index contributed by atoms with van der Waals surface area (Å²) in [4.78, 5) is 0. The van der Waals surface area contributed by atoms with Crippen LogP contribution < -0.4 is 0 Å². The van der Waals surface area contributed by atoms with Crippen LogP contribution in [0, 0.1) is 11.3 Å². The van der Waals surface area contributed by atoms with Gasteiger partial charge in [-0.2, -0.15) is 0 Å². The standard InChI is InChI=1S/C12H22/c1-12(2,3)11-9-7-5-4-6-8-10-11/h5,7,11H,4,6,8-10H2,1-3H3/b7-5+. The van der Waals surface area contributed by atoms with Gasteiger partial charge in [0.15, 0.2) is 0 Å². The Morgan fingerprint density at radius 2 is 1.83 bits per heavy atom. The monoisotopic (exact) mass is 166 g/mol. The molecule has 0 radical (unpaired) electrons. The Morgan fingerprint density at radius 3 is 2.50 bits per heavy atom. The van der Waals surface area contributed by atoms with Crippen molar-refractivity contribution >= 4 is 0 Å². The van der Waals surface area contributed by atoms with Gasteiger partial charge in [-0.15, -0.1) is 0 Å². The van der Waals surface area contributed by atoms with Gasteiger partial charge in [0.25, 0.3) is 0 Å². The second-order valence-corrected chi connectivity index (χ2v) is 5.05. The predicted molar refractivity (Wildman–Crippen MR) is 55.2 cm³/mol. The molecular weight excluding hydrogens is 144 g/mol. The van der Waals surface area contributed by atoms with Crippen molar-refractivity contribution in [3.63, 3.8) is 0 Å². The molecule has 0 aliphatic heterocycles. The molecule has 1 aliphatic carbocycles. The van der Waals surface area contributed by atoms with E-state index in [0.29, 0.717) is 5.41 Å². The summed E-state index contributed by atoms with van der Waals surface area (Å²) in [5, 5.41) is 0.